The Morgan fingerprint density at radius 3 is 1.30 bits per heavy atom. The van der Waals surface area contributed by atoms with E-state index >= 15 is 0 Å². The van der Waals surface area contributed by atoms with Crippen LogP contribution in [0.4, 0.5) is 17.6 Å². The van der Waals surface area contributed by atoms with Crippen LogP contribution in [0, 0.1) is 5.82 Å². The zero-order valence-corrected chi connectivity index (χ0v) is 33.6. The number of nitrogens with zero attached hydrogens (tertiary/aromatic N) is 6. The van der Waals surface area contributed by atoms with E-state index in [-0.39, 0.29) is 22.7 Å². The fourth-order valence-corrected chi connectivity index (χ4v) is 6.49. The molecule has 0 aliphatic heterocycles. The van der Waals surface area contributed by atoms with Gasteiger partial charge in [0, 0.05) is 80.6 Å². The van der Waals surface area contributed by atoms with Crippen molar-refractivity contribution in [2.45, 2.75) is 6.36 Å². The monoisotopic (exact) mass is 883 g/mol. The minimum absolute atomic E-state index is 0.229. The van der Waals surface area contributed by atoms with Crippen molar-refractivity contribution in [2.24, 2.45) is 17.2 Å². The van der Waals surface area contributed by atoms with Crippen molar-refractivity contribution in [1.29, 1.82) is 0 Å². The molecule has 0 aliphatic carbocycles. The van der Waals surface area contributed by atoms with E-state index in [1.165, 1.54) is 61.3 Å². The Labute approximate surface area is 364 Å². The molecule has 0 fully saturated rings. The number of alkyl halides is 3. The summed E-state index contributed by atoms with van der Waals surface area (Å²) in [6.45, 7) is 0. The molecule has 0 unspecified atom stereocenters. The fourth-order valence-electron chi connectivity index (χ4n) is 6.36. The van der Waals surface area contributed by atoms with Gasteiger partial charge in [-0.1, -0.05) is 54.1 Å². The molecule has 18 heteroatoms. The molecule has 64 heavy (non-hydrogen) atoms. The summed E-state index contributed by atoms with van der Waals surface area (Å²) in [5, 5.41) is 2.75. The predicted octanol–water partition coefficient (Wildman–Crippen LogP) is 8.88. The molecule has 0 radical (unpaired) electrons. The highest BCUT2D eigenvalue weighted by atomic mass is 35.5. The van der Waals surface area contributed by atoms with Crippen molar-refractivity contribution in [2.75, 3.05) is 0 Å². The van der Waals surface area contributed by atoms with Crippen LogP contribution in [-0.2, 0) is 0 Å². The van der Waals surface area contributed by atoms with Crippen molar-refractivity contribution in [3.8, 4) is 39.1 Å². The molecule has 318 valence electrons. The molecule has 0 saturated heterocycles. The van der Waals surface area contributed by atoms with Crippen molar-refractivity contribution < 1.29 is 36.7 Å². The Kier molecular flexibility index (Phi) is 12.7. The third-order valence-corrected chi connectivity index (χ3v) is 9.65. The Bertz CT molecular complexity index is 3210. The molecular weight excluding hydrogens is 854 g/mol. The summed E-state index contributed by atoms with van der Waals surface area (Å²) in [5.41, 5.74) is 22.6. The molecular formula is C46H30ClF4N9O4. The van der Waals surface area contributed by atoms with Gasteiger partial charge >= 0.3 is 6.36 Å². The SMILES string of the molecule is NC(=O)c1cnc2cncc(-c3ccc(Cl)cc3)c2c1.NC(=O)c1cnc2cncc(-c3ccc(OC(F)(F)F)cc3)c2c1.NC(=O)c1cnc2cncc(-c3ccccc3F)c2c1. The molecule has 3 aromatic carbocycles. The lowest BCUT2D eigenvalue weighted by Crippen LogP contribution is -2.16. The highest BCUT2D eigenvalue weighted by Gasteiger charge is 2.31. The number of benzene rings is 3. The number of carbonyl (C=O) groups is 3. The molecule has 9 aromatic rings. The van der Waals surface area contributed by atoms with Gasteiger partial charge < -0.3 is 21.9 Å². The maximum atomic E-state index is 13.9. The average molecular weight is 884 g/mol. The number of nitrogens with two attached hydrogens (primary N) is 3. The summed E-state index contributed by atoms with van der Waals surface area (Å²) >= 11 is 5.89. The Hall–Kier alpha value is -8.44. The minimum Gasteiger partial charge on any atom is -0.406 e. The molecule has 0 aliphatic rings. The lowest BCUT2D eigenvalue weighted by molar-refractivity contribution is -0.274. The Morgan fingerprint density at radius 1 is 0.500 bits per heavy atom. The molecule has 6 N–H and O–H groups in total. The number of ether oxygens (including phenoxy) is 1. The molecule has 6 aromatic heterocycles. The van der Waals surface area contributed by atoms with Crippen LogP contribution < -0.4 is 21.9 Å². The highest BCUT2D eigenvalue weighted by Crippen LogP contribution is 2.32. The first-order chi connectivity index (χ1) is 30.6. The second-order valence-corrected chi connectivity index (χ2v) is 14.0. The number of hydrogen-bond acceptors (Lipinski definition) is 10. The number of aromatic nitrogens is 6. The molecule has 0 spiro atoms. The summed E-state index contributed by atoms with van der Waals surface area (Å²) in [6, 6.07) is 24.0. The van der Waals surface area contributed by atoms with E-state index in [1.54, 1.807) is 73.3 Å². The fraction of sp³-hybridized carbons (Fsp3) is 0.0217. The quantitative estimate of drug-likeness (QED) is 0.129. The van der Waals surface area contributed by atoms with E-state index in [2.05, 4.69) is 34.6 Å². The number of fused-ring (bicyclic) bond motifs is 3. The van der Waals surface area contributed by atoms with Crippen LogP contribution in [0.25, 0.3) is 66.1 Å². The van der Waals surface area contributed by atoms with Gasteiger partial charge in [0.05, 0.1) is 51.8 Å². The lowest BCUT2D eigenvalue weighted by atomic mass is 10.0. The van der Waals surface area contributed by atoms with Crippen LogP contribution in [0.2, 0.25) is 5.02 Å². The number of pyridine rings is 6. The smallest absolute Gasteiger partial charge is 0.406 e. The van der Waals surface area contributed by atoms with Crippen LogP contribution in [0.1, 0.15) is 31.1 Å². The van der Waals surface area contributed by atoms with E-state index in [4.69, 9.17) is 28.8 Å². The molecule has 3 amide bonds. The van der Waals surface area contributed by atoms with Gasteiger partial charge in [-0.05, 0) is 59.7 Å². The number of primary amides is 3. The number of carbonyl (C=O) groups excluding carboxylic acids is 3. The first-order valence-corrected chi connectivity index (χ1v) is 19.0. The van der Waals surface area contributed by atoms with Crippen molar-refractivity contribution in [3.63, 3.8) is 0 Å². The third kappa shape index (κ3) is 10.2. The summed E-state index contributed by atoms with van der Waals surface area (Å²) in [6.07, 6.45) is 8.99. The van der Waals surface area contributed by atoms with Gasteiger partial charge in [0.25, 0.3) is 0 Å². The summed E-state index contributed by atoms with van der Waals surface area (Å²) in [7, 11) is 0. The first-order valence-electron chi connectivity index (χ1n) is 18.6. The lowest BCUT2D eigenvalue weighted by Gasteiger charge is -2.10. The maximum Gasteiger partial charge on any atom is 0.573 e. The zero-order valence-electron chi connectivity index (χ0n) is 32.8. The predicted molar refractivity (Wildman–Crippen MR) is 232 cm³/mol. The topological polar surface area (TPSA) is 216 Å². The molecule has 0 atom stereocenters. The Balaban J connectivity index is 0.000000144. The Morgan fingerprint density at radius 2 is 0.891 bits per heavy atom. The van der Waals surface area contributed by atoms with Gasteiger partial charge in [0.2, 0.25) is 17.7 Å². The normalized spacial score (nSPS) is 11.0. The first kappa shape index (κ1) is 43.6. The number of halogens is 5. The van der Waals surface area contributed by atoms with Gasteiger partial charge in [-0.2, -0.15) is 0 Å². The number of amides is 3. The highest BCUT2D eigenvalue weighted by molar-refractivity contribution is 6.30. The van der Waals surface area contributed by atoms with Gasteiger partial charge in [0.1, 0.15) is 11.6 Å². The minimum atomic E-state index is -4.75. The second-order valence-electron chi connectivity index (χ2n) is 13.6. The van der Waals surface area contributed by atoms with Crippen molar-refractivity contribution in [3.05, 3.63) is 174 Å². The van der Waals surface area contributed by atoms with Crippen LogP contribution in [0.15, 0.2) is 147 Å². The number of rotatable bonds is 7. The standard InChI is InChI=1S/C16H10F3N3O2.C15H10ClN3O.C15H10FN3O/c17-16(18,19)24-11-3-1-9(2-4-11)13-7-21-8-14-12(13)5-10(6-22-14)15(20)23;16-11-3-1-9(2-4-11)13-7-18-8-14-12(13)5-10(6-19-14)15(17)20;16-13-4-2-1-3-10(13)12-7-18-8-14-11(12)5-9(6-19-14)15(17)20/h1-8H,(H2,20,23);2*1-8H,(H2,17,20). The summed E-state index contributed by atoms with van der Waals surface area (Å²) < 4.78 is 54.4. The van der Waals surface area contributed by atoms with Crippen LogP contribution in [-0.4, -0.2) is 54.0 Å². The number of hydrogen-bond donors (Lipinski definition) is 3. The molecule has 6 heterocycles. The van der Waals surface area contributed by atoms with E-state index in [0.29, 0.717) is 60.2 Å². The van der Waals surface area contributed by atoms with Crippen LogP contribution in [0.5, 0.6) is 5.75 Å². The van der Waals surface area contributed by atoms with E-state index in [0.717, 1.165) is 16.5 Å². The van der Waals surface area contributed by atoms with Crippen LogP contribution in [0.3, 0.4) is 0 Å². The average Bonchev–Trinajstić information content (AvgIpc) is 3.28. The molecule has 0 saturated carbocycles. The van der Waals surface area contributed by atoms with Gasteiger partial charge in [-0.15, -0.1) is 13.2 Å². The second kappa shape index (κ2) is 18.7. The van der Waals surface area contributed by atoms with Crippen LogP contribution >= 0.6 is 11.6 Å². The van der Waals surface area contributed by atoms with Crippen molar-refractivity contribution in [1.82, 2.24) is 29.9 Å². The molecule has 0 bridgehead atoms. The van der Waals surface area contributed by atoms with Crippen molar-refractivity contribution >= 4 is 62.0 Å². The van der Waals surface area contributed by atoms with Gasteiger partial charge in [-0.25, -0.2) is 4.39 Å². The van der Waals surface area contributed by atoms with E-state index in [1.807, 2.05) is 12.1 Å². The zero-order chi connectivity index (χ0) is 45.5. The van der Waals surface area contributed by atoms with E-state index < -0.39 is 24.1 Å². The maximum absolute atomic E-state index is 13.9. The van der Waals surface area contributed by atoms with E-state index in [9.17, 15) is 31.9 Å². The largest absolute Gasteiger partial charge is 0.573 e. The molecule has 13 nitrogen and oxygen atoms in total. The van der Waals surface area contributed by atoms with Gasteiger partial charge in [0.15, 0.2) is 0 Å². The summed E-state index contributed by atoms with van der Waals surface area (Å²) in [4.78, 5) is 58.6. The third-order valence-electron chi connectivity index (χ3n) is 9.40. The van der Waals surface area contributed by atoms with Gasteiger partial charge in [-0.3, -0.25) is 44.3 Å². The summed E-state index contributed by atoms with van der Waals surface area (Å²) in [5.74, 6) is -2.38. The molecule has 9 rings (SSSR count).